The van der Waals surface area contributed by atoms with Crippen molar-refractivity contribution in [1.82, 2.24) is 9.29 Å². The summed E-state index contributed by atoms with van der Waals surface area (Å²) in [6, 6.07) is 4.11. The normalized spacial score (nSPS) is 18.7. The molecule has 1 fully saturated rings. The van der Waals surface area contributed by atoms with Gasteiger partial charge in [-0.15, -0.1) is 0 Å². The maximum absolute atomic E-state index is 11.6. The van der Waals surface area contributed by atoms with Crippen LogP contribution >= 0.6 is 0 Å². The van der Waals surface area contributed by atoms with Gasteiger partial charge in [-0.3, -0.25) is 0 Å². The van der Waals surface area contributed by atoms with Gasteiger partial charge in [0.15, 0.2) is 0 Å². The summed E-state index contributed by atoms with van der Waals surface area (Å²) in [5.74, 6) is 0.939. The molecular weight excluding hydrogens is 288 g/mol. The third kappa shape index (κ3) is 4.15. The van der Waals surface area contributed by atoms with Crippen LogP contribution in [-0.4, -0.2) is 56.2 Å². The van der Waals surface area contributed by atoms with E-state index in [4.69, 9.17) is 5.73 Å². The van der Waals surface area contributed by atoms with Crippen molar-refractivity contribution in [3.8, 4) is 0 Å². The van der Waals surface area contributed by atoms with Gasteiger partial charge in [0.25, 0.3) is 0 Å². The van der Waals surface area contributed by atoms with Gasteiger partial charge in [0, 0.05) is 38.4 Å². The maximum atomic E-state index is 11.6. The fraction of sp³-hybridized carbons (Fsp3) is 0.643. The Morgan fingerprint density at radius 2 is 2.00 bits per heavy atom. The molecule has 0 radical (unpaired) electrons. The average molecular weight is 312 g/mol. The van der Waals surface area contributed by atoms with E-state index in [2.05, 4.69) is 22.9 Å². The van der Waals surface area contributed by atoms with Crippen LogP contribution in [0.4, 0.5) is 5.82 Å². The van der Waals surface area contributed by atoms with Gasteiger partial charge in [0.2, 0.25) is 10.0 Å². The zero-order chi connectivity index (χ0) is 15.5. The predicted octanol–water partition coefficient (Wildman–Crippen LogP) is 0.443. The lowest BCUT2D eigenvalue weighted by atomic mass is 10.0. The summed E-state index contributed by atoms with van der Waals surface area (Å²) in [5, 5.41) is 0. The zero-order valence-corrected chi connectivity index (χ0v) is 13.5. The van der Waals surface area contributed by atoms with Gasteiger partial charge in [0.1, 0.15) is 5.82 Å². The molecule has 1 saturated heterocycles. The number of nitrogens with two attached hydrogens (primary N) is 1. The van der Waals surface area contributed by atoms with Crippen LogP contribution in [0.15, 0.2) is 18.3 Å². The quantitative estimate of drug-likeness (QED) is 0.853. The first kappa shape index (κ1) is 16.2. The van der Waals surface area contributed by atoms with E-state index in [1.807, 2.05) is 6.07 Å². The van der Waals surface area contributed by atoms with Crippen molar-refractivity contribution < 1.29 is 8.42 Å². The zero-order valence-electron chi connectivity index (χ0n) is 12.7. The Labute approximate surface area is 127 Å². The molecule has 1 aliphatic rings. The smallest absolute Gasteiger partial charge is 0.211 e. The van der Waals surface area contributed by atoms with Crippen LogP contribution in [0, 0.1) is 0 Å². The van der Waals surface area contributed by atoms with Gasteiger partial charge < -0.3 is 10.6 Å². The van der Waals surface area contributed by atoms with Gasteiger partial charge in [-0.05, 0) is 24.5 Å². The Bertz CT molecular complexity index is 568. The molecule has 2 rings (SSSR count). The summed E-state index contributed by atoms with van der Waals surface area (Å²) in [7, 11) is -3.10. The molecule has 2 N–H and O–H groups in total. The highest BCUT2D eigenvalue weighted by molar-refractivity contribution is 7.88. The number of sulfonamides is 1. The van der Waals surface area contributed by atoms with Gasteiger partial charge in [0.05, 0.1) is 6.26 Å². The van der Waals surface area contributed by atoms with E-state index in [1.54, 1.807) is 6.20 Å². The van der Waals surface area contributed by atoms with Crippen molar-refractivity contribution in [2.75, 3.05) is 37.3 Å². The van der Waals surface area contributed by atoms with Crippen LogP contribution < -0.4 is 10.6 Å². The van der Waals surface area contributed by atoms with E-state index < -0.39 is 10.0 Å². The molecule has 21 heavy (non-hydrogen) atoms. The number of rotatable bonds is 5. The van der Waals surface area contributed by atoms with Crippen LogP contribution in [0.3, 0.4) is 0 Å². The lowest BCUT2D eigenvalue weighted by Gasteiger charge is -2.35. The minimum atomic E-state index is -3.10. The van der Waals surface area contributed by atoms with Crippen molar-refractivity contribution in [1.29, 1.82) is 0 Å². The maximum Gasteiger partial charge on any atom is 0.211 e. The molecule has 0 saturated carbocycles. The number of nitrogens with zero attached hydrogens (tertiary/aromatic N) is 3. The molecule has 1 unspecified atom stereocenters. The van der Waals surface area contributed by atoms with Gasteiger partial charge >= 0.3 is 0 Å². The molecule has 0 bridgehead atoms. The Hall–Kier alpha value is -1.18. The molecule has 0 aliphatic carbocycles. The summed E-state index contributed by atoms with van der Waals surface area (Å²) in [4.78, 5) is 6.63. The molecule has 1 atom stereocenters. The second kappa shape index (κ2) is 6.72. The number of piperazine rings is 1. The van der Waals surface area contributed by atoms with E-state index in [0.717, 1.165) is 24.2 Å². The average Bonchev–Trinajstić information content (AvgIpc) is 2.47. The molecule has 1 aromatic rings. The number of anilines is 1. The first-order valence-corrected chi connectivity index (χ1v) is 9.16. The standard InChI is InChI=1S/C14H24N4O2S/c1-3-13(15)11-12-5-4-6-16-14(12)17-7-9-18(10-8-17)21(2,19)20/h4-6,13H,3,7-11,15H2,1-2H3. The molecule has 0 spiro atoms. The Morgan fingerprint density at radius 3 is 2.57 bits per heavy atom. The first-order valence-electron chi connectivity index (χ1n) is 7.31. The SMILES string of the molecule is CCC(N)Cc1cccnc1N1CCN(S(C)(=O)=O)CC1. The number of pyridine rings is 1. The monoisotopic (exact) mass is 312 g/mol. The lowest BCUT2D eigenvalue weighted by Crippen LogP contribution is -2.49. The number of aromatic nitrogens is 1. The van der Waals surface area contributed by atoms with E-state index in [-0.39, 0.29) is 6.04 Å². The topological polar surface area (TPSA) is 79.5 Å². The number of hydrogen-bond donors (Lipinski definition) is 1. The molecule has 6 nitrogen and oxygen atoms in total. The third-order valence-electron chi connectivity index (χ3n) is 3.88. The lowest BCUT2D eigenvalue weighted by molar-refractivity contribution is 0.386. The molecule has 1 aliphatic heterocycles. The molecule has 2 heterocycles. The highest BCUT2D eigenvalue weighted by Gasteiger charge is 2.25. The van der Waals surface area contributed by atoms with Gasteiger partial charge in [-0.1, -0.05) is 13.0 Å². The van der Waals surface area contributed by atoms with Gasteiger partial charge in [-0.2, -0.15) is 4.31 Å². The van der Waals surface area contributed by atoms with Gasteiger partial charge in [-0.25, -0.2) is 13.4 Å². The molecule has 0 amide bonds. The molecule has 118 valence electrons. The van der Waals surface area contributed by atoms with Crippen LogP contribution in [0.5, 0.6) is 0 Å². The molecule has 1 aromatic heterocycles. The molecule has 0 aromatic carbocycles. The Balaban J connectivity index is 2.10. The molecular formula is C14H24N4O2S. The number of hydrogen-bond acceptors (Lipinski definition) is 5. The van der Waals surface area contributed by atoms with Crippen molar-refractivity contribution in [2.45, 2.75) is 25.8 Å². The minimum Gasteiger partial charge on any atom is -0.354 e. The Kier molecular flexibility index (Phi) is 5.18. The second-order valence-electron chi connectivity index (χ2n) is 5.51. The van der Waals surface area contributed by atoms with E-state index in [9.17, 15) is 8.42 Å². The minimum absolute atomic E-state index is 0.130. The van der Waals surface area contributed by atoms with Crippen LogP contribution in [-0.2, 0) is 16.4 Å². The first-order chi connectivity index (χ1) is 9.91. The van der Waals surface area contributed by atoms with Crippen molar-refractivity contribution in [2.24, 2.45) is 5.73 Å². The molecule has 7 heteroatoms. The van der Waals surface area contributed by atoms with E-state index >= 15 is 0 Å². The van der Waals surface area contributed by atoms with Crippen molar-refractivity contribution in [3.63, 3.8) is 0 Å². The van der Waals surface area contributed by atoms with Crippen LogP contribution in [0.1, 0.15) is 18.9 Å². The summed E-state index contributed by atoms with van der Waals surface area (Å²) < 4.78 is 24.6. The summed E-state index contributed by atoms with van der Waals surface area (Å²) >= 11 is 0. The van der Waals surface area contributed by atoms with E-state index in [1.165, 1.54) is 10.6 Å². The largest absolute Gasteiger partial charge is 0.354 e. The van der Waals surface area contributed by atoms with E-state index in [0.29, 0.717) is 26.2 Å². The summed E-state index contributed by atoms with van der Waals surface area (Å²) in [6.45, 7) is 4.42. The highest BCUT2D eigenvalue weighted by atomic mass is 32.2. The summed E-state index contributed by atoms with van der Waals surface area (Å²) in [6.07, 6.45) is 4.76. The van der Waals surface area contributed by atoms with Crippen molar-refractivity contribution in [3.05, 3.63) is 23.9 Å². The Morgan fingerprint density at radius 1 is 1.33 bits per heavy atom. The van der Waals surface area contributed by atoms with Crippen LogP contribution in [0.25, 0.3) is 0 Å². The van der Waals surface area contributed by atoms with Crippen LogP contribution in [0.2, 0.25) is 0 Å². The predicted molar refractivity (Wildman–Crippen MR) is 84.8 cm³/mol. The fourth-order valence-corrected chi connectivity index (χ4v) is 3.36. The highest BCUT2D eigenvalue weighted by Crippen LogP contribution is 2.21. The third-order valence-corrected chi connectivity index (χ3v) is 5.18. The summed E-state index contributed by atoms with van der Waals surface area (Å²) in [5.41, 5.74) is 7.19. The fourth-order valence-electron chi connectivity index (χ4n) is 2.53. The second-order valence-corrected chi connectivity index (χ2v) is 7.49. The van der Waals surface area contributed by atoms with Crippen molar-refractivity contribution >= 4 is 15.8 Å².